The Morgan fingerprint density at radius 1 is 0.459 bits per heavy atom. The van der Waals surface area contributed by atoms with E-state index in [1.807, 2.05) is 12.1 Å². The van der Waals surface area contributed by atoms with E-state index in [4.69, 9.17) is 13.8 Å². The minimum Gasteiger partial charge on any atom is -0.456 e. The third kappa shape index (κ3) is 5.71. The fourth-order valence-corrected chi connectivity index (χ4v) is 9.66. The monoisotopic (exact) mass is 784 g/mol. The van der Waals surface area contributed by atoms with Crippen LogP contribution in [0.25, 0.3) is 93.4 Å². The molecule has 9 aromatic carbocycles. The highest BCUT2D eigenvalue weighted by atomic mass is 16.3. The third-order valence-corrected chi connectivity index (χ3v) is 12.9. The first kappa shape index (κ1) is 35.3. The summed E-state index contributed by atoms with van der Waals surface area (Å²) in [5, 5.41) is 13.1. The van der Waals surface area contributed by atoms with Crippen LogP contribution in [0, 0.1) is 5.92 Å². The molecule has 0 bridgehead atoms. The highest BCUT2D eigenvalue weighted by Gasteiger charge is 2.29. The highest BCUT2D eigenvalue weighted by molar-refractivity contribution is 6.20. The Labute approximate surface area is 353 Å². The van der Waals surface area contributed by atoms with Crippen molar-refractivity contribution in [3.63, 3.8) is 0 Å². The largest absolute Gasteiger partial charge is 0.456 e. The average molecular weight is 785 g/mol. The van der Waals surface area contributed by atoms with Crippen molar-refractivity contribution in [2.24, 2.45) is 10.9 Å². The van der Waals surface area contributed by atoms with Gasteiger partial charge in [-0.05, 0) is 92.2 Å². The number of furan rings is 2. The van der Waals surface area contributed by atoms with Crippen molar-refractivity contribution in [3.05, 3.63) is 210 Å². The maximum absolute atomic E-state index is 6.65. The molecule has 1 aliphatic heterocycles. The molecule has 1 aliphatic rings. The average Bonchev–Trinajstić information content (AvgIpc) is 3.86. The summed E-state index contributed by atoms with van der Waals surface area (Å²) in [5.41, 5.74) is 14.7. The lowest BCUT2D eigenvalue weighted by atomic mass is 9.85. The molecule has 12 rings (SSSR count). The molecule has 290 valence electrons. The summed E-state index contributed by atoms with van der Waals surface area (Å²) in [6.45, 7) is 4.53. The van der Waals surface area contributed by atoms with E-state index >= 15 is 0 Å². The van der Waals surface area contributed by atoms with Crippen molar-refractivity contribution in [1.82, 2.24) is 5.32 Å². The fraction of sp³-hybridized carbons (Fsp3) is 0.0702. The highest BCUT2D eigenvalue weighted by Crippen LogP contribution is 2.43. The van der Waals surface area contributed by atoms with Gasteiger partial charge in [-0.25, -0.2) is 0 Å². The Kier molecular flexibility index (Phi) is 8.07. The summed E-state index contributed by atoms with van der Waals surface area (Å²) in [5.74, 6) is 0.00915. The van der Waals surface area contributed by atoms with Gasteiger partial charge in [0.25, 0.3) is 0 Å². The van der Waals surface area contributed by atoms with Crippen LogP contribution >= 0.6 is 0 Å². The zero-order valence-corrected chi connectivity index (χ0v) is 33.8. The number of benzene rings is 9. The van der Waals surface area contributed by atoms with Gasteiger partial charge >= 0.3 is 0 Å². The molecule has 61 heavy (non-hydrogen) atoms. The number of nitrogens with zero attached hydrogens (tertiary/aromatic N) is 1. The molecule has 4 heteroatoms. The first-order valence-electron chi connectivity index (χ1n) is 21.0. The van der Waals surface area contributed by atoms with Crippen LogP contribution in [0.3, 0.4) is 0 Å². The Bertz CT molecular complexity index is 3610. The van der Waals surface area contributed by atoms with Crippen molar-refractivity contribution in [2.45, 2.75) is 20.0 Å². The van der Waals surface area contributed by atoms with Gasteiger partial charge in [-0.1, -0.05) is 165 Å². The lowest BCUT2D eigenvalue weighted by molar-refractivity contribution is 0.627. The van der Waals surface area contributed by atoms with Crippen molar-refractivity contribution in [1.29, 1.82) is 0 Å². The topological polar surface area (TPSA) is 50.7 Å². The van der Waals surface area contributed by atoms with Crippen LogP contribution in [0.2, 0.25) is 0 Å². The zero-order chi connectivity index (χ0) is 40.6. The van der Waals surface area contributed by atoms with Gasteiger partial charge in [0.05, 0.1) is 5.71 Å². The molecule has 2 atom stereocenters. The number of nitrogens with one attached hydrogen (secondary N) is 1. The number of fused-ring (bicyclic) bond motifs is 8. The Hall–Kier alpha value is -7.69. The number of allylic oxidation sites excluding steroid dienone is 1. The molecule has 2 aromatic heterocycles. The molecular weight excluding hydrogens is 745 g/mol. The second kappa shape index (κ2) is 14.0. The van der Waals surface area contributed by atoms with E-state index in [0.29, 0.717) is 0 Å². The molecule has 0 fully saturated rings. The van der Waals surface area contributed by atoms with Crippen LogP contribution in [0.1, 0.15) is 36.7 Å². The predicted octanol–water partition coefficient (Wildman–Crippen LogP) is 15.3. The van der Waals surface area contributed by atoms with Gasteiger partial charge in [0.15, 0.2) is 0 Å². The van der Waals surface area contributed by atoms with Gasteiger partial charge in [0.1, 0.15) is 28.5 Å². The summed E-state index contributed by atoms with van der Waals surface area (Å²) < 4.78 is 13.3. The van der Waals surface area contributed by atoms with Crippen LogP contribution in [-0.2, 0) is 0 Å². The molecule has 0 saturated heterocycles. The van der Waals surface area contributed by atoms with Gasteiger partial charge in [-0.2, -0.15) is 0 Å². The molecule has 1 N–H and O–H groups in total. The summed E-state index contributed by atoms with van der Waals surface area (Å²) in [4.78, 5) is 5.72. The van der Waals surface area contributed by atoms with Crippen LogP contribution in [0.5, 0.6) is 0 Å². The molecule has 3 heterocycles. The molecule has 0 spiro atoms. The van der Waals surface area contributed by atoms with Crippen molar-refractivity contribution in [2.75, 3.05) is 0 Å². The van der Waals surface area contributed by atoms with Crippen LogP contribution < -0.4 is 5.32 Å². The third-order valence-electron chi connectivity index (χ3n) is 12.9. The molecule has 4 nitrogen and oxygen atoms in total. The van der Waals surface area contributed by atoms with Crippen molar-refractivity contribution >= 4 is 76.8 Å². The standard InChI is InChI=1S/C57H40N2O2/c1-34-35(2)55(59-57(58-54(34)37-15-4-3-5-16-37)49-23-12-22-47-44-20-10-11-24-50(44)61-56(47)49)46-31-30-43(41-18-8-9-19-42(41)46)45-21-13-25-51-53(45)48-29-28-40(33-52(48)60-51)39-27-26-36-14-6-7-17-38(36)32-39/h3-33,35,57-58H,1-2H3. The summed E-state index contributed by atoms with van der Waals surface area (Å²) in [6.07, 6.45) is -0.404. The van der Waals surface area contributed by atoms with Crippen molar-refractivity contribution in [3.8, 4) is 22.3 Å². The molecular formula is C57H40N2O2. The quantitative estimate of drug-likeness (QED) is 0.189. The van der Waals surface area contributed by atoms with Crippen molar-refractivity contribution < 1.29 is 8.83 Å². The Morgan fingerprint density at radius 3 is 2.00 bits per heavy atom. The van der Waals surface area contributed by atoms with E-state index in [-0.39, 0.29) is 5.92 Å². The molecule has 11 aromatic rings. The lowest BCUT2D eigenvalue weighted by Gasteiger charge is -2.19. The number of para-hydroxylation sites is 2. The summed E-state index contributed by atoms with van der Waals surface area (Å²) in [7, 11) is 0. The molecule has 0 saturated carbocycles. The molecule has 0 radical (unpaired) electrons. The molecule has 0 amide bonds. The van der Waals surface area contributed by atoms with Crippen LogP contribution in [0.15, 0.2) is 207 Å². The molecule has 2 unspecified atom stereocenters. The smallest absolute Gasteiger partial charge is 0.148 e. The fourth-order valence-electron chi connectivity index (χ4n) is 9.66. The zero-order valence-electron chi connectivity index (χ0n) is 33.8. The number of rotatable bonds is 5. The summed E-state index contributed by atoms with van der Waals surface area (Å²) in [6, 6.07) is 66.9. The SMILES string of the molecule is CC1=C(c2ccccc2)NC(c2cccc3c2oc2ccccc23)N=C(c2ccc(-c3cccc4oc5cc(-c6ccc7ccccc7c6)ccc5c34)c3ccccc23)C1C. The van der Waals surface area contributed by atoms with Gasteiger partial charge in [-0.3, -0.25) is 4.99 Å². The first-order valence-corrected chi connectivity index (χ1v) is 21.0. The van der Waals surface area contributed by atoms with Gasteiger partial charge < -0.3 is 14.2 Å². The van der Waals surface area contributed by atoms with E-state index in [9.17, 15) is 0 Å². The maximum Gasteiger partial charge on any atom is 0.148 e. The molecule has 0 aliphatic carbocycles. The maximum atomic E-state index is 6.65. The Morgan fingerprint density at radius 2 is 1.13 bits per heavy atom. The van der Waals surface area contributed by atoms with E-state index in [1.54, 1.807) is 0 Å². The van der Waals surface area contributed by atoms with E-state index in [2.05, 4.69) is 195 Å². The number of aliphatic imine (C=N–C) groups is 1. The van der Waals surface area contributed by atoms with Gasteiger partial charge in [-0.15, -0.1) is 0 Å². The first-order chi connectivity index (χ1) is 30.1. The lowest BCUT2D eigenvalue weighted by Crippen LogP contribution is -2.19. The normalized spacial score (nSPS) is 15.9. The van der Waals surface area contributed by atoms with E-state index in [1.165, 1.54) is 27.3 Å². The van der Waals surface area contributed by atoms with Crippen LogP contribution in [0.4, 0.5) is 0 Å². The van der Waals surface area contributed by atoms with E-state index in [0.717, 1.165) is 94.1 Å². The van der Waals surface area contributed by atoms with Gasteiger partial charge in [0, 0.05) is 44.3 Å². The second-order valence-electron chi connectivity index (χ2n) is 16.3. The minimum atomic E-state index is -0.404. The van der Waals surface area contributed by atoms with Gasteiger partial charge in [0.2, 0.25) is 0 Å². The number of hydrogen-bond acceptors (Lipinski definition) is 4. The van der Waals surface area contributed by atoms with E-state index < -0.39 is 6.17 Å². The summed E-state index contributed by atoms with van der Waals surface area (Å²) >= 11 is 0. The van der Waals surface area contributed by atoms with Crippen LogP contribution in [-0.4, -0.2) is 5.71 Å². The second-order valence-corrected chi connectivity index (χ2v) is 16.3. The predicted molar refractivity (Wildman–Crippen MR) is 254 cm³/mol. The Balaban J connectivity index is 1.02. The minimum absolute atomic E-state index is 0.00915. The number of hydrogen-bond donors (Lipinski definition) is 1.